The van der Waals surface area contributed by atoms with E-state index in [9.17, 15) is 0 Å². The first kappa shape index (κ1) is 18.5. The van der Waals surface area contributed by atoms with Gasteiger partial charge >= 0.3 is 11.5 Å². The van der Waals surface area contributed by atoms with Crippen LogP contribution in [0.4, 0.5) is 0 Å². The first-order valence-electron chi connectivity index (χ1n) is 8.00. The summed E-state index contributed by atoms with van der Waals surface area (Å²) in [5.74, 6) is 2.36. The lowest BCUT2D eigenvalue weighted by atomic mass is 10.0. The number of benzene rings is 2. The molecule has 0 fully saturated rings. The van der Waals surface area contributed by atoms with Gasteiger partial charge in [0.05, 0.1) is 17.0 Å². The normalized spacial score (nSPS) is 14.9. The van der Waals surface area contributed by atoms with Crippen molar-refractivity contribution in [2.75, 3.05) is 0 Å². The molecule has 0 N–H and O–H groups in total. The van der Waals surface area contributed by atoms with Gasteiger partial charge in [-0.3, -0.25) is 0 Å². The van der Waals surface area contributed by atoms with Crippen LogP contribution in [0.3, 0.4) is 0 Å². The molecule has 1 aliphatic rings. The maximum Gasteiger partial charge on any atom is 0.360 e. The van der Waals surface area contributed by atoms with E-state index in [4.69, 9.17) is 23.1 Å². The van der Waals surface area contributed by atoms with E-state index in [1.54, 1.807) is 0 Å². The molecule has 0 bridgehead atoms. The van der Waals surface area contributed by atoms with Crippen LogP contribution in [0.5, 0.6) is 0 Å². The van der Waals surface area contributed by atoms with Crippen molar-refractivity contribution in [3.8, 4) is 22.5 Å². The van der Waals surface area contributed by atoms with E-state index in [1.807, 2.05) is 18.2 Å². The van der Waals surface area contributed by atoms with Gasteiger partial charge in [0.1, 0.15) is 0 Å². The van der Waals surface area contributed by atoms with Gasteiger partial charge in [0.15, 0.2) is 0 Å². The molecule has 1 atom stereocenters. The van der Waals surface area contributed by atoms with Crippen molar-refractivity contribution < 1.29 is 33.3 Å². The summed E-state index contributed by atoms with van der Waals surface area (Å²) in [7, 11) is -4.94. The van der Waals surface area contributed by atoms with Crippen LogP contribution in [0.25, 0.3) is 22.5 Å². The molecule has 0 aliphatic heterocycles. The number of hydrogen-bond acceptors (Lipinski definition) is 4. The predicted molar refractivity (Wildman–Crippen MR) is 86.2 cm³/mol. The molecule has 0 saturated carbocycles. The molecule has 1 heterocycles. The van der Waals surface area contributed by atoms with Gasteiger partial charge in [0.2, 0.25) is 0 Å². The molecule has 0 spiro atoms. The molecule has 3 aromatic rings. The molecule has 6 heteroatoms. The van der Waals surface area contributed by atoms with Crippen LogP contribution < -0.4 is 18.6 Å². The first-order chi connectivity index (χ1) is 12.3. The summed E-state index contributed by atoms with van der Waals surface area (Å²) >= 11 is 0. The van der Waals surface area contributed by atoms with Gasteiger partial charge in [-0.15, -0.1) is 10.2 Å². The van der Waals surface area contributed by atoms with Gasteiger partial charge in [-0.2, -0.15) is 0 Å². The lowest BCUT2D eigenvalue weighted by Gasteiger charge is -2.17. The molecule has 134 valence electrons. The average Bonchev–Trinajstić information content (AvgIpc) is 2.88. The fourth-order valence-corrected chi connectivity index (χ4v) is 3.30. The summed E-state index contributed by atoms with van der Waals surface area (Å²) in [5.41, 5.74) is 6.38. The molecule has 0 amide bonds. The molecule has 1 aromatic heterocycles. The van der Waals surface area contributed by atoms with Gasteiger partial charge < -0.3 is 0 Å². The largest absolute Gasteiger partial charge is 0.360 e. The Morgan fingerprint density at radius 2 is 1.46 bits per heavy atom. The monoisotopic (exact) mass is 372 g/mol. The Morgan fingerprint density at radius 1 is 0.885 bits per heavy atom. The minimum absolute atomic E-state index is 0.318. The van der Waals surface area contributed by atoms with E-state index < -0.39 is 10.2 Å². The van der Waals surface area contributed by atoms with Crippen molar-refractivity contribution in [2.24, 2.45) is 0 Å². The van der Waals surface area contributed by atoms with Gasteiger partial charge in [0, 0.05) is 6.07 Å². The van der Waals surface area contributed by atoms with Gasteiger partial charge in [-0.25, -0.2) is 23.1 Å². The Balaban J connectivity index is 0.000000349. The molecular weight excluding hydrogens is 356 g/mol. The van der Waals surface area contributed by atoms with Crippen molar-refractivity contribution in [3.63, 3.8) is 0 Å². The minimum atomic E-state index is -4.94. The first-order valence-corrected chi connectivity index (χ1v) is 9.23. The van der Waals surface area contributed by atoms with Gasteiger partial charge in [-0.05, 0) is 42.7 Å². The van der Waals surface area contributed by atoms with Crippen molar-refractivity contribution in [1.29, 1.82) is 0 Å². The van der Waals surface area contributed by atoms with Crippen LogP contribution in [0, 0.1) is 17.2 Å². The van der Waals surface area contributed by atoms with E-state index in [0.717, 1.165) is 17.1 Å². The Bertz CT molecular complexity index is 913. The maximum atomic E-state index is 8.49. The van der Waals surface area contributed by atoms with Crippen LogP contribution in [0.15, 0.2) is 65.1 Å². The van der Waals surface area contributed by atoms with E-state index in [1.165, 1.54) is 22.3 Å². The van der Waals surface area contributed by atoms with E-state index in [2.05, 4.69) is 56.3 Å². The number of halogens is 1. The highest BCUT2D eigenvalue weighted by atomic mass is 35.7. The van der Waals surface area contributed by atoms with Crippen molar-refractivity contribution in [2.45, 2.75) is 19.8 Å². The molecule has 2 aromatic carbocycles. The average molecular weight is 373 g/mol. The molecule has 5 nitrogen and oxygen atoms in total. The van der Waals surface area contributed by atoms with Crippen LogP contribution in [-0.2, 0) is 0 Å². The van der Waals surface area contributed by atoms with Crippen LogP contribution in [0.1, 0.15) is 29.7 Å². The summed E-state index contributed by atoms with van der Waals surface area (Å²) in [6.07, 6.45) is 0. The van der Waals surface area contributed by atoms with Gasteiger partial charge in [0.25, 0.3) is 0 Å². The quantitative estimate of drug-likeness (QED) is 0.590. The third kappa shape index (κ3) is 3.93. The minimum Gasteiger partial charge on any atom is -0.222 e. The fourth-order valence-electron chi connectivity index (χ4n) is 3.30. The topological polar surface area (TPSA) is 104 Å². The number of fused-ring (bicyclic) bond motifs is 3. The Labute approximate surface area is 153 Å². The van der Waals surface area contributed by atoms with E-state index in [0.29, 0.717) is 5.92 Å². The number of hydrogen-bond donors (Lipinski definition) is 0. The second kappa shape index (κ2) is 7.15. The van der Waals surface area contributed by atoms with Crippen LogP contribution in [-0.4, -0.2) is 0 Å². The molecule has 0 radical (unpaired) electrons. The Kier molecular flexibility index (Phi) is 5.09. The lowest BCUT2D eigenvalue weighted by Crippen LogP contribution is -2.68. The van der Waals surface area contributed by atoms with E-state index >= 15 is 0 Å². The molecule has 0 saturated heterocycles. The maximum absolute atomic E-state index is 8.49. The second-order valence-electron chi connectivity index (χ2n) is 6.09. The van der Waals surface area contributed by atoms with Crippen molar-refractivity contribution in [1.82, 2.24) is 0 Å². The molecule has 1 unspecified atom stereocenters. The predicted octanol–water partition coefficient (Wildman–Crippen LogP) is 0.912. The Morgan fingerprint density at radius 3 is 2.12 bits per heavy atom. The summed E-state index contributed by atoms with van der Waals surface area (Å²) in [5, 5.41) is 0. The zero-order chi connectivity index (χ0) is 18.9. The molecule has 26 heavy (non-hydrogen) atoms. The highest BCUT2D eigenvalue weighted by molar-refractivity contribution is 5.80. The van der Waals surface area contributed by atoms with Gasteiger partial charge in [-0.1, -0.05) is 42.5 Å². The third-order valence-electron chi connectivity index (χ3n) is 4.36. The van der Waals surface area contributed by atoms with E-state index in [-0.39, 0.29) is 0 Å². The molecule has 1 aliphatic carbocycles. The van der Waals surface area contributed by atoms with Crippen LogP contribution >= 0.6 is 0 Å². The number of aryl methyl sites for hydroxylation is 1. The lowest BCUT2D eigenvalue weighted by molar-refractivity contribution is -2.00. The fraction of sp³-hybridized carbons (Fsp3) is 0.150. The standard InChI is InChI=1S/C20H17O.ClHO4/c1-13-12-18(15-8-4-3-5-9-15)21-20-14(2)16-10-6-7-11-17(16)19(13)20;2-1(3,4)5/h3-12,14H,1-2H3;(H,2,3,4,5)/q+1;/p-1. The smallest absolute Gasteiger partial charge is 0.222 e. The van der Waals surface area contributed by atoms with Crippen molar-refractivity contribution in [3.05, 3.63) is 77.6 Å². The summed E-state index contributed by atoms with van der Waals surface area (Å²) < 4.78 is 40.3. The summed E-state index contributed by atoms with van der Waals surface area (Å²) in [4.78, 5) is 0. The summed E-state index contributed by atoms with van der Waals surface area (Å²) in [6.45, 7) is 4.40. The zero-order valence-electron chi connectivity index (χ0n) is 14.3. The third-order valence-corrected chi connectivity index (χ3v) is 4.36. The summed E-state index contributed by atoms with van der Waals surface area (Å²) in [6, 6.07) is 21.1. The zero-order valence-corrected chi connectivity index (χ0v) is 15.0. The van der Waals surface area contributed by atoms with Crippen LogP contribution in [0.2, 0.25) is 0 Å². The SMILES string of the molecule is Cc1cc(-c2ccccc2)[o+]c2c1-c1ccccc1C2C.[O-][Cl+3]([O-])([O-])[O-]. The molecule has 4 rings (SSSR count). The Hall–Kier alpha value is -2.28. The number of rotatable bonds is 1. The highest BCUT2D eigenvalue weighted by Gasteiger charge is 2.37. The highest BCUT2D eigenvalue weighted by Crippen LogP contribution is 2.47. The second-order valence-corrected chi connectivity index (χ2v) is 6.84. The van der Waals surface area contributed by atoms with Crippen molar-refractivity contribution >= 4 is 0 Å². The molecular formula is C20H17ClO5.